The lowest BCUT2D eigenvalue weighted by Crippen LogP contribution is -2.38. The minimum atomic E-state index is 0. The quantitative estimate of drug-likeness (QED) is 0.265. The highest BCUT2D eigenvalue weighted by Gasteiger charge is 2.02. The van der Waals surface area contributed by atoms with Crippen molar-refractivity contribution < 1.29 is 4.74 Å². The maximum absolute atomic E-state index is 6.18. The van der Waals surface area contributed by atoms with Crippen LogP contribution in [0.4, 0.5) is 0 Å². The van der Waals surface area contributed by atoms with Crippen LogP contribution in [0.5, 0.6) is 0 Å². The fraction of sp³-hybridized carbons (Fsp3) is 0.500. The summed E-state index contributed by atoms with van der Waals surface area (Å²) in [5.74, 6) is 0.794. The molecule has 120 valence electrons. The Morgan fingerprint density at radius 1 is 1.38 bits per heavy atom. The van der Waals surface area contributed by atoms with Crippen molar-refractivity contribution in [3.63, 3.8) is 0 Å². The topological polar surface area (TPSA) is 45.7 Å². The van der Waals surface area contributed by atoms with E-state index in [1.807, 2.05) is 25.1 Å². The van der Waals surface area contributed by atoms with E-state index in [1.165, 1.54) is 0 Å². The van der Waals surface area contributed by atoms with E-state index in [0.717, 1.165) is 47.1 Å². The zero-order valence-electron chi connectivity index (χ0n) is 12.3. The van der Waals surface area contributed by atoms with Crippen molar-refractivity contribution in [2.45, 2.75) is 19.9 Å². The third-order valence-corrected chi connectivity index (χ3v) is 3.43. The van der Waals surface area contributed by atoms with Crippen molar-refractivity contribution in [1.29, 1.82) is 0 Å². The number of halogens is 3. The van der Waals surface area contributed by atoms with Gasteiger partial charge in [0.05, 0.1) is 6.54 Å². The molecule has 0 unspecified atom stereocenters. The van der Waals surface area contributed by atoms with Gasteiger partial charge in [-0.25, -0.2) is 4.99 Å². The van der Waals surface area contributed by atoms with E-state index in [9.17, 15) is 0 Å². The number of hydrogen-bond acceptors (Lipinski definition) is 2. The molecule has 1 aromatic carbocycles. The van der Waals surface area contributed by atoms with E-state index in [1.54, 1.807) is 7.11 Å². The van der Waals surface area contributed by atoms with Crippen molar-refractivity contribution in [3.8, 4) is 0 Å². The smallest absolute Gasteiger partial charge is 0.191 e. The first-order valence-electron chi connectivity index (χ1n) is 6.62. The third kappa shape index (κ3) is 8.85. The first kappa shape index (κ1) is 20.9. The summed E-state index contributed by atoms with van der Waals surface area (Å²) in [6.07, 6.45) is 0.944. The van der Waals surface area contributed by atoms with Crippen molar-refractivity contribution >= 4 is 57.5 Å². The summed E-state index contributed by atoms with van der Waals surface area (Å²) in [6.45, 7) is 4.98. The van der Waals surface area contributed by atoms with E-state index in [-0.39, 0.29) is 24.0 Å². The van der Waals surface area contributed by atoms with Crippen LogP contribution < -0.4 is 10.6 Å². The predicted molar refractivity (Wildman–Crippen MR) is 104 cm³/mol. The molecule has 0 saturated heterocycles. The van der Waals surface area contributed by atoms with Gasteiger partial charge in [-0.2, -0.15) is 0 Å². The third-order valence-electron chi connectivity index (χ3n) is 2.58. The first-order chi connectivity index (χ1) is 9.67. The lowest BCUT2D eigenvalue weighted by atomic mass is 10.2. The van der Waals surface area contributed by atoms with Gasteiger partial charge in [-0.3, -0.25) is 0 Å². The highest BCUT2D eigenvalue weighted by molar-refractivity contribution is 14.0. The number of aliphatic imine (C=N–C) groups is 1. The van der Waals surface area contributed by atoms with Gasteiger partial charge in [0.25, 0.3) is 0 Å². The molecule has 1 aromatic rings. The van der Waals surface area contributed by atoms with Crippen LogP contribution in [0.2, 0.25) is 5.02 Å². The number of nitrogens with zero attached hydrogens (tertiary/aromatic N) is 1. The zero-order valence-corrected chi connectivity index (χ0v) is 17.0. The molecule has 0 aliphatic rings. The van der Waals surface area contributed by atoms with Crippen molar-refractivity contribution in [3.05, 3.63) is 33.3 Å². The molecule has 0 radical (unpaired) electrons. The normalized spacial score (nSPS) is 11.0. The Morgan fingerprint density at radius 2 is 2.14 bits per heavy atom. The first-order valence-corrected chi connectivity index (χ1v) is 7.79. The Hall–Kier alpha value is -0.0500. The second kappa shape index (κ2) is 12.5. The highest BCUT2D eigenvalue weighted by atomic mass is 127. The van der Waals surface area contributed by atoms with Gasteiger partial charge in [0.15, 0.2) is 5.96 Å². The fourth-order valence-electron chi connectivity index (χ4n) is 1.58. The van der Waals surface area contributed by atoms with E-state index < -0.39 is 0 Å². The molecular formula is C14H22BrClIN3O. The van der Waals surface area contributed by atoms with Crippen LogP contribution in [-0.2, 0) is 11.3 Å². The molecule has 4 nitrogen and oxygen atoms in total. The molecule has 0 aliphatic heterocycles. The molecule has 0 fully saturated rings. The summed E-state index contributed by atoms with van der Waals surface area (Å²) in [6, 6.07) is 5.82. The van der Waals surface area contributed by atoms with Gasteiger partial charge >= 0.3 is 0 Å². The zero-order chi connectivity index (χ0) is 14.8. The molecule has 0 aromatic heterocycles. The van der Waals surface area contributed by atoms with Gasteiger partial charge in [0.1, 0.15) is 0 Å². The number of guanidine groups is 1. The Morgan fingerprint density at radius 3 is 2.76 bits per heavy atom. The average molecular weight is 491 g/mol. The predicted octanol–water partition coefficient (Wildman–Crippen LogP) is 3.81. The van der Waals surface area contributed by atoms with Gasteiger partial charge in [-0.05, 0) is 31.0 Å². The molecule has 7 heteroatoms. The van der Waals surface area contributed by atoms with Crippen LogP contribution in [-0.4, -0.2) is 32.8 Å². The monoisotopic (exact) mass is 489 g/mol. The van der Waals surface area contributed by atoms with Crippen LogP contribution in [0.1, 0.15) is 18.9 Å². The van der Waals surface area contributed by atoms with Crippen LogP contribution in [0.25, 0.3) is 0 Å². The number of ether oxygens (including phenoxy) is 1. The van der Waals surface area contributed by atoms with Gasteiger partial charge in [-0.15, -0.1) is 24.0 Å². The minimum absolute atomic E-state index is 0. The molecule has 0 saturated carbocycles. The molecule has 0 spiro atoms. The van der Waals surface area contributed by atoms with Crippen LogP contribution in [0, 0.1) is 0 Å². The number of benzene rings is 1. The molecular weight excluding hydrogens is 468 g/mol. The lowest BCUT2D eigenvalue weighted by Gasteiger charge is -2.11. The molecule has 0 heterocycles. The lowest BCUT2D eigenvalue weighted by molar-refractivity contribution is 0.195. The van der Waals surface area contributed by atoms with E-state index in [4.69, 9.17) is 16.3 Å². The van der Waals surface area contributed by atoms with Crippen LogP contribution in [0.3, 0.4) is 0 Å². The summed E-state index contributed by atoms with van der Waals surface area (Å²) >= 11 is 9.57. The van der Waals surface area contributed by atoms with Crippen LogP contribution in [0.15, 0.2) is 27.7 Å². The van der Waals surface area contributed by atoms with E-state index >= 15 is 0 Å². The number of nitrogens with one attached hydrogen (secondary N) is 2. The maximum Gasteiger partial charge on any atom is 0.191 e. The summed E-state index contributed by atoms with van der Waals surface area (Å²) < 4.78 is 5.99. The Bertz CT molecular complexity index is 446. The number of methoxy groups -OCH3 is 1. The number of hydrogen-bond donors (Lipinski definition) is 2. The molecule has 2 N–H and O–H groups in total. The van der Waals surface area contributed by atoms with E-state index in [0.29, 0.717) is 6.54 Å². The fourth-order valence-corrected chi connectivity index (χ4v) is 2.31. The standard InChI is InChI=1S/C14H21BrClN3O.HI/c1-3-17-14(18-7-4-8-20-2)19-10-11-5-6-12(15)9-13(11)16;/h5-6,9H,3-4,7-8,10H2,1-2H3,(H2,17,18,19);1H. The molecule has 0 bridgehead atoms. The van der Waals surface area contributed by atoms with Gasteiger partial charge in [-0.1, -0.05) is 33.6 Å². The molecule has 0 atom stereocenters. The number of rotatable bonds is 7. The van der Waals surface area contributed by atoms with Gasteiger partial charge < -0.3 is 15.4 Å². The van der Waals surface area contributed by atoms with E-state index in [2.05, 4.69) is 31.6 Å². The summed E-state index contributed by atoms with van der Waals surface area (Å²) in [5, 5.41) is 7.19. The average Bonchev–Trinajstić information content (AvgIpc) is 2.42. The minimum Gasteiger partial charge on any atom is -0.385 e. The highest BCUT2D eigenvalue weighted by Crippen LogP contribution is 2.21. The van der Waals surface area contributed by atoms with Crippen molar-refractivity contribution in [2.75, 3.05) is 26.8 Å². The SMILES string of the molecule is CCNC(=NCc1ccc(Br)cc1Cl)NCCCOC.I. The van der Waals surface area contributed by atoms with Crippen LogP contribution >= 0.6 is 51.5 Å². The molecule has 21 heavy (non-hydrogen) atoms. The largest absolute Gasteiger partial charge is 0.385 e. The second-order valence-electron chi connectivity index (χ2n) is 4.20. The summed E-state index contributed by atoms with van der Waals surface area (Å²) in [7, 11) is 1.70. The maximum atomic E-state index is 6.18. The summed E-state index contributed by atoms with van der Waals surface area (Å²) in [4.78, 5) is 4.53. The Labute approximate surface area is 157 Å². The molecule has 0 amide bonds. The Balaban J connectivity index is 0.00000400. The van der Waals surface area contributed by atoms with Gasteiger partial charge in [0.2, 0.25) is 0 Å². The van der Waals surface area contributed by atoms with Crippen molar-refractivity contribution in [1.82, 2.24) is 10.6 Å². The second-order valence-corrected chi connectivity index (χ2v) is 5.53. The summed E-state index contributed by atoms with van der Waals surface area (Å²) in [5.41, 5.74) is 1.00. The Kier molecular flexibility index (Phi) is 12.5. The molecule has 1 rings (SSSR count). The molecule has 0 aliphatic carbocycles. The van der Waals surface area contributed by atoms with Gasteiger partial charge in [0, 0.05) is 36.3 Å². The van der Waals surface area contributed by atoms with Crippen molar-refractivity contribution in [2.24, 2.45) is 4.99 Å².